The summed E-state index contributed by atoms with van der Waals surface area (Å²) in [5.74, 6) is 0.627. The van der Waals surface area contributed by atoms with Crippen LogP contribution >= 0.6 is 11.6 Å². The van der Waals surface area contributed by atoms with Gasteiger partial charge in [-0.15, -0.1) is 0 Å². The summed E-state index contributed by atoms with van der Waals surface area (Å²) < 4.78 is 5.31. The topological polar surface area (TPSA) is 41.6 Å². The van der Waals surface area contributed by atoms with Crippen molar-refractivity contribution >= 4 is 23.6 Å². The minimum Gasteiger partial charge on any atom is -0.496 e. The van der Waals surface area contributed by atoms with Gasteiger partial charge in [0.15, 0.2) is 0 Å². The van der Waals surface area contributed by atoms with Crippen LogP contribution in [0.5, 0.6) is 5.75 Å². The van der Waals surface area contributed by atoms with Crippen LogP contribution in [0.25, 0.3) is 6.08 Å². The number of nitrogens with zero attached hydrogens (tertiary/aromatic N) is 1. The van der Waals surface area contributed by atoms with E-state index >= 15 is 0 Å². The third kappa shape index (κ3) is 5.34. The number of rotatable bonds is 7. The zero-order valence-electron chi connectivity index (χ0n) is 15.5. The van der Waals surface area contributed by atoms with Crippen LogP contribution in [0.1, 0.15) is 30.0 Å². The standard InChI is InChI=1S/C22H25ClN2O2/c1-27-21-10-3-2-7-17(21)11-12-22(26)24-16-20(25-13-4-5-14-25)18-8-6-9-19(23)15-18/h2-3,6-12,15,20H,4-5,13-14,16H2,1H3,(H,24,26)/b12-11+. The Morgan fingerprint density at radius 1 is 1.22 bits per heavy atom. The lowest BCUT2D eigenvalue weighted by atomic mass is 10.1. The predicted octanol–water partition coefficient (Wildman–Crippen LogP) is 4.32. The summed E-state index contributed by atoms with van der Waals surface area (Å²) in [5.41, 5.74) is 2.01. The molecule has 0 spiro atoms. The summed E-state index contributed by atoms with van der Waals surface area (Å²) in [6.45, 7) is 2.64. The summed E-state index contributed by atoms with van der Waals surface area (Å²) in [6.07, 6.45) is 5.71. The van der Waals surface area contributed by atoms with E-state index in [0.29, 0.717) is 6.54 Å². The van der Waals surface area contributed by atoms with Crippen molar-refractivity contribution in [2.45, 2.75) is 18.9 Å². The Labute approximate surface area is 165 Å². The summed E-state index contributed by atoms with van der Waals surface area (Å²) in [4.78, 5) is 14.8. The first-order chi connectivity index (χ1) is 13.2. The van der Waals surface area contributed by atoms with E-state index in [1.54, 1.807) is 19.3 Å². The van der Waals surface area contributed by atoms with Gasteiger partial charge in [0.2, 0.25) is 5.91 Å². The quantitative estimate of drug-likeness (QED) is 0.723. The number of methoxy groups -OCH3 is 1. The Morgan fingerprint density at radius 2 is 2.00 bits per heavy atom. The van der Waals surface area contributed by atoms with Crippen molar-refractivity contribution in [1.82, 2.24) is 10.2 Å². The van der Waals surface area contributed by atoms with E-state index in [9.17, 15) is 4.79 Å². The van der Waals surface area contributed by atoms with E-state index in [0.717, 1.165) is 35.0 Å². The first-order valence-corrected chi connectivity index (χ1v) is 9.63. The maximum absolute atomic E-state index is 12.4. The molecule has 5 heteroatoms. The predicted molar refractivity (Wildman–Crippen MR) is 110 cm³/mol. The van der Waals surface area contributed by atoms with E-state index in [1.807, 2.05) is 42.5 Å². The molecule has 0 aromatic heterocycles. The number of amides is 1. The lowest BCUT2D eigenvalue weighted by molar-refractivity contribution is -0.116. The number of para-hydroxylation sites is 1. The van der Waals surface area contributed by atoms with E-state index in [1.165, 1.54) is 12.8 Å². The van der Waals surface area contributed by atoms with Gasteiger partial charge >= 0.3 is 0 Å². The van der Waals surface area contributed by atoms with Crippen molar-refractivity contribution in [2.75, 3.05) is 26.7 Å². The number of benzene rings is 2. The maximum atomic E-state index is 12.4. The van der Waals surface area contributed by atoms with Crippen LogP contribution in [0.2, 0.25) is 5.02 Å². The molecule has 0 radical (unpaired) electrons. The number of hydrogen-bond donors (Lipinski definition) is 1. The number of halogens is 1. The van der Waals surface area contributed by atoms with Crippen molar-refractivity contribution in [3.63, 3.8) is 0 Å². The molecule has 1 aliphatic heterocycles. The number of ether oxygens (including phenoxy) is 1. The van der Waals surface area contributed by atoms with Crippen molar-refractivity contribution < 1.29 is 9.53 Å². The SMILES string of the molecule is COc1ccccc1/C=C/C(=O)NCC(c1cccc(Cl)c1)N1CCCC1. The second-order valence-electron chi connectivity index (χ2n) is 6.63. The fraction of sp³-hybridized carbons (Fsp3) is 0.318. The van der Waals surface area contributed by atoms with Crippen molar-refractivity contribution in [1.29, 1.82) is 0 Å². The number of hydrogen-bond acceptors (Lipinski definition) is 3. The van der Waals surface area contributed by atoms with Gasteiger partial charge in [-0.25, -0.2) is 0 Å². The van der Waals surface area contributed by atoms with Gasteiger partial charge in [0, 0.05) is 23.2 Å². The highest BCUT2D eigenvalue weighted by Crippen LogP contribution is 2.26. The minimum absolute atomic E-state index is 0.118. The average molecular weight is 385 g/mol. The molecule has 2 aromatic carbocycles. The molecular weight excluding hydrogens is 360 g/mol. The van der Waals surface area contributed by atoms with Crippen LogP contribution < -0.4 is 10.1 Å². The first-order valence-electron chi connectivity index (χ1n) is 9.26. The van der Waals surface area contributed by atoms with E-state index < -0.39 is 0 Å². The molecule has 4 nitrogen and oxygen atoms in total. The molecule has 0 bridgehead atoms. The Balaban J connectivity index is 1.66. The zero-order valence-corrected chi connectivity index (χ0v) is 16.3. The number of likely N-dealkylation sites (tertiary alicyclic amines) is 1. The van der Waals surface area contributed by atoms with Crippen molar-refractivity contribution in [2.24, 2.45) is 0 Å². The van der Waals surface area contributed by atoms with Crippen LogP contribution in [0.15, 0.2) is 54.6 Å². The van der Waals surface area contributed by atoms with Crippen molar-refractivity contribution in [3.05, 3.63) is 70.8 Å². The number of carbonyl (C=O) groups is 1. The van der Waals surface area contributed by atoms with Gasteiger partial charge in [-0.05, 0) is 55.8 Å². The average Bonchev–Trinajstić information content (AvgIpc) is 3.21. The van der Waals surface area contributed by atoms with Gasteiger partial charge in [0.05, 0.1) is 13.2 Å². The molecule has 3 rings (SSSR count). The van der Waals surface area contributed by atoms with Gasteiger partial charge in [0.1, 0.15) is 5.75 Å². The van der Waals surface area contributed by atoms with E-state index in [-0.39, 0.29) is 11.9 Å². The second kappa shape index (κ2) is 9.58. The summed E-state index contributed by atoms with van der Waals surface area (Å²) in [7, 11) is 1.62. The fourth-order valence-corrected chi connectivity index (χ4v) is 3.65. The van der Waals surface area contributed by atoms with Crippen LogP contribution in [0.4, 0.5) is 0 Å². The molecule has 27 heavy (non-hydrogen) atoms. The Kier molecular flexibility index (Phi) is 6.91. The Bertz CT molecular complexity index is 800. The van der Waals surface area contributed by atoms with Gasteiger partial charge in [-0.2, -0.15) is 0 Å². The fourth-order valence-electron chi connectivity index (χ4n) is 3.45. The number of nitrogens with one attached hydrogen (secondary N) is 1. The molecule has 2 aromatic rings. The van der Waals surface area contributed by atoms with Crippen LogP contribution in [-0.2, 0) is 4.79 Å². The third-order valence-corrected chi connectivity index (χ3v) is 5.07. The number of carbonyl (C=O) groups excluding carboxylic acids is 1. The lowest BCUT2D eigenvalue weighted by Gasteiger charge is -2.28. The normalized spacial score (nSPS) is 15.8. The highest BCUT2D eigenvalue weighted by atomic mass is 35.5. The molecular formula is C22H25ClN2O2. The summed E-state index contributed by atoms with van der Waals surface area (Å²) in [5, 5.41) is 3.76. The summed E-state index contributed by atoms with van der Waals surface area (Å²) >= 11 is 6.18. The highest BCUT2D eigenvalue weighted by Gasteiger charge is 2.23. The van der Waals surface area contributed by atoms with Gasteiger partial charge < -0.3 is 10.1 Å². The molecule has 1 unspecified atom stereocenters. The minimum atomic E-state index is -0.118. The molecule has 1 aliphatic rings. The lowest BCUT2D eigenvalue weighted by Crippen LogP contribution is -2.36. The van der Waals surface area contributed by atoms with Gasteiger partial charge in [-0.1, -0.05) is 41.9 Å². The molecule has 1 N–H and O–H groups in total. The van der Waals surface area contributed by atoms with Gasteiger partial charge in [-0.3, -0.25) is 9.69 Å². The largest absolute Gasteiger partial charge is 0.496 e. The molecule has 0 saturated carbocycles. The maximum Gasteiger partial charge on any atom is 0.244 e. The smallest absolute Gasteiger partial charge is 0.244 e. The van der Waals surface area contributed by atoms with Crippen LogP contribution in [0, 0.1) is 0 Å². The molecule has 1 saturated heterocycles. The molecule has 142 valence electrons. The molecule has 1 amide bonds. The summed E-state index contributed by atoms with van der Waals surface area (Å²) in [6, 6.07) is 15.7. The van der Waals surface area contributed by atoms with E-state index in [4.69, 9.17) is 16.3 Å². The molecule has 1 atom stereocenters. The Hall–Kier alpha value is -2.30. The molecule has 1 heterocycles. The van der Waals surface area contributed by atoms with Crippen molar-refractivity contribution in [3.8, 4) is 5.75 Å². The van der Waals surface area contributed by atoms with Gasteiger partial charge in [0.25, 0.3) is 0 Å². The van der Waals surface area contributed by atoms with Crippen LogP contribution in [-0.4, -0.2) is 37.6 Å². The molecule has 0 aliphatic carbocycles. The van der Waals surface area contributed by atoms with Crippen LogP contribution in [0.3, 0.4) is 0 Å². The van der Waals surface area contributed by atoms with E-state index in [2.05, 4.69) is 16.3 Å². The second-order valence-corrected chi connectivity index (χ2v) is 7.07. The third-order valence-electron chi connectivity index (χ3n) is 4.84. The monoisotopic (exact) mass is 384 g/mol. The zero-order chi connectivity index (χ0) is 19.1. The Morgan fingerprint density at radius 3 is 2.74 bits per heavy atom. The molecule has 1 fully saturated rings. The first kappa shape index (κ1) is 19.5. The highest BCUT2D eigenvalue weighted by molar-refractivity contribution is 6.30.